The zero-order valence-corrected chi connectivity index (χ0v) is 15.8. The quantitative estimate of drug-likeness (QED) is 0.782. The number of benzene rings is 1. The lowest BCUT2D eigenvalue weighted by Gasteiger charge is -2.23. The predicted molar refractivity (Wildman–Crippen MR) is 98.5 cm³/mol. The fourth-order valence-electron chi connectivity index (χ4n) is 3.13. The average Bonchev–Trinajstić information content (AvgIpc) is 2.88. The van der Waals surface area contributed by atoms with E-state index in [9.17, 15) is 9.59 Å². The number of hydrogen-bond donors (Lipinski definition) is 1. The van der Waals surface area contributed by atoms with Gasteiger partial charge in [0.05, 0.1) is 18.8 Å². The molecule has 5 nitrogen and oxygen atoms in total. The molecule has 0 fully saturated rings. The molecule has 134 valence electrons. The molecule has 1 aromatic heterocycles. The Kier molecular flexibility index (Phi) is 5.80. The maximum absolute atomic E-state index is 12.9. The lowest BCUT2D eigenvalue weighted by atomic mass is 10.0. The van der Waals surface area contributed by atoms with E-state index in [0.29, 0.717) is 17.8 Å². The fraction of sp³-hybridized carbons (Fsp3) is 0.400. The molecule has 0 amide bonds. The Morgan fingerprint density at radius 2 is 1.96 bits per heavy atom. The van der Waals surface area contributed by atoms with E-state index >= 15 is 0 Å². The number of ketones is 2. The minimum Gasteiger partial charge on any atom is -0.497 e. The van der Waals surface area contributed by atoms with Crippen molar-refractivity contribution in [2.45, 2.75) is 40.3 Å². The van der Waals surface area contributed by atoms with Crippen molar-refractivity contribution < 1.29 is 14.3 Å². The zero-order valence-electron chi connectivity index (χ0n) is 15.8. The Bertz CT molecular complexity index is 792. The number of rotatable bonds is 7. The molecule has 0 saturated heterocycles. The van der Waals surface area contributed by atoms with Crippen molar-refractivity contribution >= 4 is 11.6 Å². The molecule has 0 bridgehead atoms. The van der Waals surface area contributed by atoms with Crippen LogP contribution in [0.15, 0.2) is 24.3 Å². The number of nitrogens with one attached hydrogen (secondary N) is 1. The van der Waals surface area contributed by atoms with Crippen molar-refractivity contribution in [2.75, 3.05) is 14.2 Å². The molecule has 2 rings (SSSR count). The highest BCUT2D eigenvalue weighted by atomic mass is 16.5. The maximum Gasteiger partial charge on any atom is 0.196 e. The Labute approximate surface area is 149 Å². The minimum atomic E-state index is -0.317. The Morgan fingerprint density at radius 1 is 1.28 bits per heavy atom. The normalized spacial score (nSPS) is 12.3. The number of aromatic amines is 1. The molecule has 0 unspecified atom stereocenters. The molecule has 0 spiro atoms. The molecular weight excluding hydrogens is 316 g/mol. The zero-order chi connectivity index (χ0) is 18.7. The summed E-state index contributed by atoms with van der Waals surface area (Å²) in [6.45, 7) is 7.68. The van der Waals surface area contributed by atoms with Gasteiger partial charge < -0.3 is 9.72 Å². The van der Waals surface area contributed by atoms with Gasteiger partial charge in [-0.05, 0) is 58.0 Å². The molecule has 5 heteroatoms. The summed E-state index contributed by atoms with van der Waals surface area (Å²) in [6, 6.07) is 7.49. The Balaban J connectivity index is 2.19. The molecule has 0 aliphatic carbocycles. The molecule has 1 aromatic carbocycles. The largest absolute Gasteiger partial charge is 0.497 e. The summed E-state index contributed by atoms with van der Waals surface area (Å²) < 4.78 is 5.25. The summed E-state index contributed by atoms with van der Waals surface area (Å²) in [5.41, 5.74) is 3.69. The minimum absolute atomic E-state index is 0.0153. The summed E-state index contributed by atoms with van der Waals surface area (Å²) in [7, 11) is 3.55. The molecule has 1 N–H and O–H groups in total. The van der Waals surface area contributed by atoms with E-state index in [1.165, 1.54) is 6.92 Å². The van der Waals surface area contributed by atoms with E-state index in [1.54, 1.807) is 7.11 Å². The highest BCUT2D eigenvalue weighted by Gasteiger charge is 2.25. The van der Waals surface area contributed by atoms with Gasteiger partial charge in [-0.2, -0.15) is 0 Å². The molecule has 0 radical (unpaired) electrons. The number of ether oxygens (including phenoxy) is 1. The Morgan fingerprint density at radius 3 is 2.52 bits per heavy atom. The van der Waals surface area contributed by atoms with Crippen LogP contribution in [0.25, 0.3) is 0 Å². The van der Waals surface area contributed by atoms with Crippen molar-refractivity contribution in [1.82, 2.24) is 9.88 Å². The second-order valence-corrected chi connectivity index (χ2v) is 6.49. The SMILES string of the molecule is COc1cccc(CN(C)[C@H](C)C(=O)c2[nH]c(C)c(C(C)=O)c2C)c1. The molecule has 1 atom stereocenters. The first-order valence-corrected chi connectivity index (χ1v) is 8.33. The predicted octanol–water partition coefficient (Wildman–Crippen LogP) is 3.55. The van der Waals surface area contributed by atoms with E-state index in [-0.39, 0.29) is 17.6 Å². The molecule has 25 heavy (non-hydrogen) atoms. The summed E-state index contributed by atoms with van der Waals surface area (Å²) in [4.78, 5) is 29.8. The third kappa shape index (κ3) is 3.99. The van der Waals surface area contributed by atoms with Crippen molar-refractivity contribution in [3.8, 4) is 5.75 Å². The van der Waals surface area contributed by atoms with Crippen LogP contribution in [-0.2, 0) is 6.54 Å². The molecule has 1 heterocycles. The van der Waals surface area contributed by atoms with Crippen LogP contribution in [0.4, 0.5) is 0 Å². The van der Waals surface area contributed by atoms with E-state index in [2.05, 4.69) is 4.98 Å². The average molecular weight is 342 g/mol. The van der Waals surface area contributed by atoms with E-state index in [1.807, 2.05) is 57.0 Å². The van der Waals surface area contributed by atoms with Crippen LogP contribution >= 0.6 is 0 Å². The molecule has 0 aliphatic heterocycles. The van der Waals surface area contributed by atoms with Crippen LogP contribution in [-0.4, -0.2) is 41.6 Å². The summed E-state index contributed by atoms with van der Waals surface area (Å²) in [5, 5.41) is 0. The van der Waals surface area contributed by atoms with Crippen LogP contribution in [0.5, 0.6) is 5.75 Å². The smallest absolute Gasteiger partial charge is 0.196 e. The second kappa shape index (κ2) is 7.66. The topological polar surface area (TPSA) is 62.4 Å². The van der Waals surface area contributed by atoms with E-state index in [0.717, 1.165) is 22.6 Å². The fourth-order valence-corrected chi connectivity index (χ4v) is 3.13. The summed E-state index contributed by atoms with van der Waals surface area (Å²) >= 11 is 0. The number of methoxy groups -OCH3 is 1. The number of aryl methyl sites for hydroxylation is 1. The number of carbonyl (C=O) groups excluding carboxylic acids is 2. The lowest BCUT2D eigenvalue weighted by Crippen LogP contribution is -2.36. The molecule has 2 aromatic rings. The molecule has 0 saturated carbocycles. The van der Waals surface area contributed by atoms with Gasteiger partial charge in [-0.3, -0.25) is 14.5 Å². The number of carbonyl (C=O) groups is 2. The monoisotopic (exact) mass is 342 g/mol. The van der Waals surface area contributed by atoms with Gasteiger partial charge >= 0.3 is 0 Å². The number of likely N-dealkylation sites (N-methyl/N-ethyl adjacent to an activating group) is 1. The number of H-pyrrole nitrogens is 1. The van der Waals surface area contributed by atoms with Crippen LogP contribution in [0, 0.1) is 13.8 Å². The van der Waals surface area contributed by atoms with Crippen molar-refractivity contribution in [3.63, 3.8) is 0 Å². The lowest BCUT2D eigenvalue weighted by molar-refractivity contribution is 0.0856. The number of Topliss-reactive ketones (excluding diaryl/α,β-unsaturated/α-hetero) is 2. The van der Waals surface area contributed by atoms with Crippen LogP contribution in [0.1, 0.15) is 51.5 Å². The maximum atomic E-state index is 12.9. The standard InChI is InChI=1S/C20H26N2O3/c1-12-18(15(4)23)13(2)21-19(12)20(24)14(3)22(5)11-16-8-7-9-17(10-16)25-6/h7-10,14,21H,11H2,1-6H3/t14-/m1/s1. The van der Waals surface area contributed by atoms with Gasteiger partial charge in [-0.15, -0.1) is 0 Å². The van der Waals surface area contributed by atoms with Gasteiger partial charge in [0, 0.05) is 17.8 Å². The summed E-state index contributed by atoms with van der Waals surface area (Å²) in [6.07, 6.45) is 0. The van der Waals surface area contributed by atoms with Crippen LogP contribution < -0.4 is 4.74 Å². The van der Waals surface area contributed by atoms with Crippen LogP contribution in [0.2, 0.25) is 0 Å². The van der Waals surface area contributed by atoms with E-state index in [4.69, 9.17) is 4.74 Å². The van der Waals surface area contributed by atoms with Crippen LogP contribution in [0.3, 0.4) is 0 Å². The third-order valence-corrected chi connectivity index (χ3v) is 4.64. The van der Waals surface area contributed by atoms with E-state index < -0.39 is 0 Å². The highest BCUT2D eigenvalue weighted by molar-refractivity contribution is 6.05. The number of nitrogens with zero attached hydrogens (tertiary/aromatic N) is 1. The second-order valence-electron chi connectivity index (χ2n) is 6.49. The van der Waals surface area contributed by atoms with Gasteiger partial charge in [-0.25, -0.2) is 0 Å². The first-order valence-electron chi connectivity index (χ1n) is 8.33. The number of aromatic nitrogens is 1. The van der Waals surface area contributed by atoms with Gasteiger partial charge in [0.1, 0.15) is 5.75 Å². The summed E-state index contributed by atoms with van der Waals surface area (Å²) in [5.74, 6) is 0.757. The van der Waals surface area contributed by atoms with Crippen molar-refractivity contribution in [2.24, 2.45) is 0 Å². The van der Waals surface area contributed by atoms with Gasteiger partial charge in [0.25, 0.3) is 0 Å². The van der Waals surface area contributed by atoms with Gasteiger partial charge in [-0.1, -0.05) is 12.1 Å². The van der Waals surface area contributed by atoms with Gasteiger partial charge in [0.2, 0.25) is 0 Å². The first kappa shape index (κ1) is 18.9. The number of hydrogen-bond acceptors (Lipinski definition) is 4. The Hall–Kier alpha value is -2.40. The first-order chi connectivity index (χ1) is 11.8. The highest BCUT2D eigenvalue weighted by Crippen LogP contribution is 2.21. The third-order valence-electron chi connectivity index (χ3n) is 4.64. The molecule has 0 aliphatic rings. The van der Waals surface area contributed by atoms with Crippen molar-refractivity contribution in [1.29, 1.82) is 0 Å². The molecular formula is C20H26N2O3. The van der Waals surface area contributed by atoms with Gasteiger partial charge in [0.15, 0.2) is 11.6 Å². The van der Waals surface area contributed by atoms with Crippen molar-refractivity contribution in [3.05, 3.63) is 52.3 Å².